The van der Waals surface area contributed by atoms with Crippen LogP contribution in [0.4, 0.5) is 0 Å². The van der Waals surface area contributed by atoms with Gasteiger partial charge in [0.2, 0.25) is 0 Å². The Morgan fingerprint density at radius 1 is 1.10 bits per heavy atom. The normalized spacial score (nSPS) is 18.0. The van der Waals surface area contributed by atoms with Crippen molar-refractivity contribution in [1.29, 1.82) is 0 Å². The fourth-order valence-electron chi connectivity index (χ4n) is 3.77. The topological polar surface area (TPSA) is 76.1 Å². The third-order valence-corrected chi connectivity index (χ3v) is 5.31. The van der Waals surface area contributed by atoms with Crippen LogP contribution in [0, 0.1) is 6.92 Å². The number of likely N-dealkylation sites (tertiary alicyclic amines) is 1. The van der Waals surface area contributed by atoms with Crippen LogP contribution in [0.25, 0.3) is 5.76 Å². The maximum Gasteiger partial charge on any atom is 0.295 e. The second kappa shape index (κ2) is 9.03. The monoisotopic (exact) mass is 409 g/mol. The molecule has 0 bridgehead atoms. The zero-order valence-electron chi connectivity index (χ0n) is 17.8. The molecule has 6 nitrogen and oxygen atoms in total. The summed E-state index contributed by atoms with van der Waals surface area (Å²) >= 11 is 0. The van der Waals surface area contributed by atoms with Gasteiger partial charge in [-0.2, -0.15) is 0 Å². The minimum absolute atomic E-state index is 0.0632. The number of Topliss-reactive ketones (excluding diaryl/α,β-unsaturated/α-hetero) is 1. The molecule has 1 atom stereocenters. The highest BCUT2D eigenvalue weighted by Crippen LogP contribution is 2.41. The summed E-state index contributed by atoms with van der Waals surface area (Å²) in [5.41, 5.74) is 2.16. The van der Waals surface area contributed by atoms with Crippen molar-refractivity contribution in [2.24, 2.45) is 0 Å². The summed E-state index contributed by atoms with van der Waals surface area (Å²) in [5.74, 6) is -0.673. The Balaban J connectivity index is 2.23. The molecule has 1 saturated heterocycles. The zero-order valence-corrected chi connectivity index (χ0v) is 17.8. The number of amides is 1. The van der Waals surface area contributed by atoms with Gasteiger partial charge in [-0.05, 0) is 37.1 Å². The first kappa shape index (κ1) is 21.4. The molecule has 2 aromatic rings. The van der Waals surface area contributed by atoms with Crippen LogP contribution in [-0.2, 0) is 9.59 Å². The van der Waals surface area contributed by atoms with E-state index in [-0.39, 0.29) is 11.3 Å². The number of aliphatic hydroxyl groups is 1. The second-order valence-electron chi connectivity index (χ2n) is 7.33. The van der Waals surface area contributed by atoms with E-state index in [2.05, 4.69) is 0 Å². The van der Waals surface area contributed by atoms with Gasteiger partial charge in [0.25, 0.3) is 11.7 Å². The van der Waals surface area contributed by atoms with Crippen molar-refractivity contribution in [2.45, 2.75) is 32.7 Å². The number of carbonyl (C=O) groups is 2. The third kappa shape index (κ3) is 3.90. The van der Waals surface area contributed by atoms with E-state index in [4.69, 9.17) is 9.47 Å². The summed E-state index contributed by atoms with van der Waals surface area (Å²) < 4.78 is 10.6. The van der Waals surface area contributed by atoms with Gasteiger partial charge in [-0.25, -0.2) is 0 Å². The molecule has 1 unspecified atom stereocenters. The first-order chi connectivity index (χ1) is 14.4. The average Bonchev–Trinajstić information content (AvgIpc) is 3.01. The molecule has 1 N–H and O–H groups in total. The summed E-state index contributed by atoms with van der Waals surface area (Å²) in [6.07, 6.45) is 1.64. The molecule has 1 fully saturated rings. The summed E-state index contributed by atoms with van der Waals surface area (Å²) in [7, 11) is 3.00. The van der Waals surface area contributed by atoms with E-state index < -0.39 is 17.7 Å². The number of hydrogen-bond donors (Lipinski definition) is 1. The van der Waals surface area contributed by atoms with Gasteiger partial charge >= 0.3 is 0 Å². The molecule has 0 aromatic heterocycles. The first-order valence-electron chi connectivity index (χ1n) is 10.00. The van der Waals surface area contributed by atoms with Gasteiger partial charge in [0.05, 0.1) is 31.4 Å². The van der Waals surface area contributed by atoms with Crippen LogP contribution in [0.5, 0.6) is 11.5 Å². The van der Waals surface area contributed by atoms with E-state index >= 15 is 0 Å². The maximum absolute atomic E-state index is 13.0. The molecule has 0 radical (unpaired) electrons. The molecule has 0 aliphatic carbocycles. The number of rotatable bonds is 7. The van der Waals surface area contributed by atoms with Crippen LogP contribution >= 0.6 is 0 Å². The summed E-state index contributed by atoms with van der Waals surface area (Å²) in [6.45, 7) is 4.41. The smallest absolute Gasteiger partial charge is 0.295 e. The number of aryl methyl sites for hydroxylation is 1. The van der Waals surface area contributed by atoms with Crippen molar-refractivity contribution in [3.63, 3.8) is 0 Å². The van der Waals surface area contributed by atoms with E-state index in [0.717, 1.165) is 24.0 Å². The molecule has 1 amide bonds. The van der Waals surface area contributed by atoms with Crippen molar-refractivity contribution in [3.8, 4) is 11.5 Å². The molecule has 0 spiro atoms. The van der Waals surface area contributed by atoms with Crippen molar-refractivity contribution in [3.05, 3.63) is 64.7 Å². The Kier molecular flexibility index (Phi) is 6.45. The van der Waals surface area contributed by atoms with Crippen LogP contribution in [-0.4, -0.2) is 42.5 Å². The fraction of sp³-hybridized carbons (Fsp3) is 0.333. The predicted molar refractivity (Wildman–Crippen MR) is 115 cm³/mol. The molecule has 30 heavy (non-hydrogen) atoms. The van der Waals surface area contributed by atoms with Crippen LogP contribution in [0.15, 0.2) is 48.0 Å². The summed E-state index contributed by atoms with van der Waals surface area (Å²) in [6, 6.07) is 11.9. The Morgan fingerprint density at radius 2 is 1.87 bits per heavy atom. The fourth-order valence-corrected chi connectivity index (χ4v) is 3.77. The van der Waals surface area contributed by atoms with Gasteiger partial charge < -0.3 is 19.5 Å². The van der Waals surface area contributed by atoms with Crippen molar-refractivity contribution in [2.75, 3.05) is 20.8 Å². The Morgan fingerprint density at radius 3 is 2.50 bits per heavy atom. The van der Waals surface area contributed by atoms with E-state index in [9.17, 15) is 14.7 Å². The highest BCUT2D eigenvalue weighted by Gasteiger charge is 2.46. The standard InChI is InChI=1S/C24H27NO5/c1-5-6-12-25-21(16-9-7-8-15(2)13-16)20(23(27)24(25)28)22(26)18-14-17(29-3)10-11-19(18)30-4/h7-11,13-14,21,26H,5-6,12H2,1-4H3/b22-20+. The molecule has 158 valence electrons. The first-order valence-corrected chi connectivity index (χ1v) is 10.00. The molecule has 1 heterocycles. The lowest BCUT2D eigenvalue weighted by molar-refractivity contribution is -0.139. The molecular weight excluding hydrogens is 382 g/mol. The van der Waals surface area contributed by atoms with Crippen LogP contribution in [0.1, 0.15) is 42.5 Å². The molecule has 0 saturated carbocycles. The number of aliphatic hydroxyl groups excluding tert-OH is 1. The van der Waals surface area contributed by atoms with Gasteiger partial charge in [-0.1, -0.05) is 43.2 Å². The third-order valence-electron chi connectivity index (χ3n) is 5.31. The highest BCUT2D eigenvalue weighted by atomic mass is 16.5. The van der Waals surface area contributed by atoms with E-state index in [0.29, 0.717) is 23.6 Å². The van der Waals surface area contributed by atoms with Crippen LogP contribution in [0.3, 0.4) is 0 Å². The summed E-state index contributed by atoms with van der Waals surface area (Å²) in [4.78, 5) is 27.5. The molecule has 1 aliphatic heterocycles. The lowest BCUT2D eigenvalue weighted by Gasteiger charge is -2.25. The summed E-state index contributed by atoms with van der Waals surface area (Å²) in [5, 5.41) is 11.2. The number of benzene rings is 2. The van der Waals surface area contributed by atoms with Crippen molar-refractivity contribution in [1.82, 2.24) is 4.90 Å². The van der Waals surface area contributed by atoms with Gasteiger partial charge in [0.1, 0.15) is 17.3 Å². The minimum Gasteiger partial charge on any atom is -0.507 e. The van der Waals surface area contributed by atoms with E-state index in [1.54, 1.807) is 23.1 Å². The highest BCUT2D eigenvalue weighted by molar-refractivity contribution is 6.46. The lowest BCUT2D eigenvalue weighted by Crippen LogP contribution is -2.30. The largest absolute Gasteiger partial charge is 0.507 e. The average molecular weight is 409 g/mol. The lowest BCUT2D eigenvalue weighted by atomic mass is 9.94. The number of carbonyl (C=O) groups excluding carboxylic acids is 2. The van der Waals surface area contributed by atoms with Crippen molar-refractivity contribution < 1.29 is 24.2 Å². The van der Waals surface area contributed by atoms with E-state index in [1.165, 1.54) is 14.2 Å². The molecular formula is C24H27NO5. The number of methoxy groups -OCH3 is 2. The van der Waals surface area contributed by atoms with Crippen LogP contribution in [0.2, 0.25) is 0 Å². The Bertz CT molecular complexity index is 995. The Hall–Kier alpha value is -3.28. The number of unbranched alkanes of at least 4 members (excludes halogenated alkanes) is 1. The van der Waals surface area contributed by atoms with Gasteiger partial charge in [0, 0.05) is 6.54 Å². The second-order valence-corrected chi connectivity index (χ2v) is 7.33. The zero-order chi connectivity index (χ0) is 21.8. The molecule has 3 rings (SSSR count). The number of ketones is 1. The SMILES string of the molecule is CCCCN1C(=O)C(=O)/C(=C(/O)c2cc(OC)ccc2OC)C1c1cccc(C)c1. The van der Waals surface area contributed by atoms with Crippen LogP contribution < -0.4 is 9.47 Å². The number of hydrogen-bond acceptors (Lipinski definition) is 5. The molecule has 6 heteroatoms. The number of nitrogens with zero attached hydrogens (tertiary/aromatic N) is 1. The van der Waals surface area contributed by atoms with Gasteiger partial charge in [0.15, 0.2) is 0 Å². The maximum atomic E-state index is 13.0. The van der Waals surface area contributed by atoms with Crippen molar-refractivity contribution >= 4 is 17.4 Å². The minimum atomic E-state index is -0.694. The predicted octanol–water partition coefficient (Wildman–Crippen LogP) is 4.23. The molecule has 1 aliphatic rings. The Labute approximate surface area is 176 Å². The van der Waals surface area contributed by atoms with E-state index in [1.807, 2.05) is 38.1 Å². The molecule has 2 aromatic carbocycles. The van der Waals surface area contributed by atoms with Gasteiger partial charge in [-0.15, -0.1) is 0 Å². The quantitative estimate of drug-likeness (QED) is 0.421. The number of ether oxygens (including phenoxy) is 2. The van der Waals surface area contributed by atoms with Gasteiger partial charge in [-0.3, -0.25) is 9.59 Å².